The maximum absolute atomic E-state index is 13.6. The summed E-state index contributed by atoms with van der Waals surface area (Å²) in [5, 5.41) is 2.48. The highest BCUT2D eigenvalue weighted by Crippen LogP contribution is 2.19. The molecule has 0 saturated carbocycles. The fourth-order valence-corrected chi connectivity index (χ4v) is 2.40. The van der Waals surface area contributed by atoms with E-state index in [1.165, 1.54) is 13.2 Å². The van der Waals surface area contributed by atoms with E-state index in [2.05, 4.69) is 5.32 Å². The number of methoxy groups -OCH3 is 1. The van der Waals surface area contributed by atoms with Crippen molar-refractivity contribution in [1.29, 1.82) is 0 Å². The van der Waals surface area contributed by atoms with Gasteiger partial charge in [0.2, 0.25) is 11.8 Å². The number of ether oxygens (including phenoxy) is 1. The van der Waals surface area contributed by atoms with Crippen LogP contribution in [0.4, 0.5) is 8.78 Å². The highest BCUT2D eigenvalue weighted by atomic mass is 19.1. The zero-order valence-electron chi connectivity index (χ0n) is 13.6. The van der Waals surface area contributed by atoms with Crippen LogP contribution < -0.4 is 15.8 Å². The highest BCUT2D eigenvalue weighted by molar-refractivity contribution is 5.87. The molecule has 2 rings (SSSR count). The molecular formula is C18H18F2N2O3. The Morgan fingerprint density at radius 3 is 2.52 bits per heavy atom. The molecule has 0 radical (unpaired) electrons. The Kier molecular flexibility index (Phi) is 6.05. The molecule has 0 bridgehead atoms. The van der Waals surface area contributed by atoms with Crippen molar-refractivity contribution in [1.82, 2.24) is 5.32 Å². The molecule has 0 aliphatic carbocycles. The molecule has 0 fully saturated rings. The van der Waals surface area contributed by atoms with Crippen LogP contribution >= 0.6 is 0 Å². The van der Waals surface area contributed by atoms with Gasteiger partial charge < -0.3 is 15.8 Å². The molecule has 132 valence electrons. The average Bonchev–Trinajstić information content (AvgIpc) is 2.57. The molecule has 0 heterocycles. The Hall–Kier alpha value is -2.96. The van der Waals surface area contributed by atoms with E-state index >= 15 is 0 Å². The van der Waals surface area contributed by atoms with Gasteiger partial charge in [0.1, 0.15) is 23.4 Å². The number of primary amides is 1. The van der Waals surface area contributed by atoms with Crippen molar-refractivity contribution in [3.8, 4) is 5.75 Å². The number of nitrogens with two attached hydrogens (primary N) is 1. The lowest BCUT2D eigenvalue weighted by Crippen LogP contribution is -2.46. The first-order chi connectivity index (χ1) is 11.9. The van der Waals surface area contributed by atoms with Gasteiger partial charge in [-0.05, 0) is 23.3 Å². The summed E-state index contributed by atoms with van der Waals surface area (Å²) in [5.41, 5.74) is 6.07. The van der Waals surface area contributed by atoms with Gasteiger partial charge in [-0.1, -0.05) is 24.3 Å². The minimum atomic E-state index is -0.979. The minimum Gasteiger partial charge on any atom is -0.496 e. The fourth-order valence-electron chi connectivity index (χ4n) is 2.40. The number of para-hydroxylation sites is 1. The van der Waals surface area contributed by atoms with E-state index in [0.29, 0.717) is 17.4 Å². The van der Waals surface area contributed by atoms with Crippen molar-refractivity contribution in [3.63, 3.8) is 0 Å². The maximum Gasteiger partial charge on any atom is 0.240 e. The summed E-state index contributed by atoms with van der Waals surface area (Å²) < 4.78 is 31.7. The lowest BCUT2D eigenvalue weighted by Gasteiger charge is -2.17. The smallest absolute Gasteiger partial charge is 0.240 e. The topological polar surface area (TPSA) is 81.4 Å². The summed E-state index contributed by atoms with van der Waals surface area (Å²) in [4.78, 5) is 23.7. The third-order valence-electron chi connectivity index (χ3n) is 3.66. The van der Waals surface area contributed by atoms with Crippen LogP contribution in [0, 0.1) is 11.6 Å². The maximum atomic E-state index is 13.6. The summed E-state index contributed by atoms with van der Waals surface area (Å²) in [6.07, 6.45) is -0.196. The highest BCUT2D eigenvalue weighted by Gasteiger charge is 2.21. The summed E-state index contributed by atoms with van der Waals surface area (Å²) in [6, 6.07) is 8.98. The molecule has 0 unspecified atom stereocenters. The van der Waals surface area contributed by atoms with Crippen molar-refractivity contribution in [2.45, 2.75) is 18.9 Å². The molecule has 0 aliphatic heterocycles. The normalized spacial score (nSPS) is 11.6. The van der Waals surface area contributed by atoms with E-state index in [1.807, 2.05) is 0 Å². The molecule has 2 amide bonds. The molecular weight excluding hydrogens is 330 g/mol. The Morgan fingerprint density at radius 1 is 1.16 bits per heavy atom. The van der Waals surface area contributed by atoms with Gasteiger partial charge in [-0.25, -0.2) is 8.78 Å². The molecule has 0 saturated heterocycles. The molecule has 3 N–H and O–H groups in total. The van der Waals surface area contributed by atoms with Crippen molar-refractivity contribution in [3.05, 3.63) is 65.2 Å². The zero-order chi connectivity index (χ0) is 18.4. The Bertz CT molecular complexity index is 781. The molecule has 2 aromatic rings. The molecule has 5 nitrogen and oxygen atoms in total. The van der Waals surface area contributed by atoms with Gasteiger partial charge in [-0.15, -0.1) is 0 Å². The summed E-state index contributed by atoms with van der Waals surface area (Å²) >= 11 is 0. The fraction of sp³-hybridized carbons (Fsp3) is 0.222. The average molecular weight is 348 g/mol. The number of hydrogen-bond acceptors (Lipinski definition) is 3. The second-order valence-electron chi connectivity index (χ2n) is 5.45. The van der Waals surface area contributed by atoms with Crippen LogP contribution in [0.25, 0.3) is 0 Å². The standard InChI is InChI=1S/C18H18F2N2O3/c1-25-16-5-3-2-4-12(16)8-15(18(21)24)22-17(23)9-11-6-7-13(19)10-14(11)20/h2-7,10,15H,8-9H2,1H3,(H2,21,24)(H,22,23)/t15-/m1/s1. The van der Waals surface area contributed by atoms with Crippen LogP contribution in [-0.4, -0.2) is 25.0 Å². The van der Waals surface area contributed by atoms with Crippen molar-refractivity contribution in [2.24, 2.45) is 5.73 Å². The first kappa shape index (κ1) is 18.4. The van der Waals surface area contributed by atoms with Gasteiger partial charge in [0, 0.05) is 12.5 Å². The Labute approximate surface area is 143 Å². The van der Waals surface area contributed by atoms with Crippen LogP contribution in [0.1, 0.15) is 11.1 Å². The SMILES string of the molecule is COc1ccccc1C[C@@H](NC(=O)Cc1ccc(F)cc1F)C(N)=O. The van der Waals surface area contributed by atoms with Crippen molar-refractivity contribution >= 4 is 11.8 Å². The van der Waals surface area contributed by atoms with E-state index in [-0.39, 0.29) is 18.4 Å². The van der Waals surface area contributed by atoms with E-state index in [9.17, 15) is 18.4 Å². The molecule has 25 heavy (non-hydrogen) atoms. The number of amides is 2. The third-order valence-corrected chi connectivity index (χ3v) is 3.66. The second kappa shape index (κ2) is 8.23. The number of halogens is 2. The number of benzene rings is 2. The first-order valence-corrected chi connectivity index (χ1v) is 7.55. The molecule has 1 atom stereocenters. The predicted octanol–water partition coefficient (Wildman–Crippen LogP) is 1.73. The lowest BCUT2D eigenvalue weighted by atomic mass is 10.0. The minimum absolute atomic E-state index is 0.0272. The molecule has 0 aromatic heterocycles. The molecule has 0 spiro atoms. The summed E-state index contributed by atoms with van der Waals surface area (Å²) in [5.74, 6) is -2.31. The van der Waals surface area contributed by atoms with E-state index < -0.39 is 29.5 Å². The van der Waals surface area contributed by atoms with Crippen LogP contribution in [0.2, 0.25) is 0 Å². The zero-order valence-corrected chi connectivity index (χ0v) is 13.6. The number of hydrogen-bond donors (Lipinski definition) is 2. The number of nitrogens with one attached hydrogen (secondary N) is 1. The lowest BCUT2D eigenvalue weighted by molar-refractivity contribution is -0.127. The third kappa shape index (κ3) is 5.00. The molecule has 7 heteroatoms. The van der Waals surface area contributed by atoms with E-state index in [4.69, 9.17) is 10.5 Å². The van der Waals surface area contributed by atoms with Gasteiger partial charge in [0.15, 0.2) is 0 Å². The molecule has 0 aliphatic rings. The van der Waals surface area contributed by atoms with E-state index in [0.717, 1.165) is 6.07 Å². The monoisotopic (exact) mass is 348 g/mol. The predicted molar refractivity (Wildman–Crippen MR) is 87.9 cm³/mol. The van der Waals surface area contributed by atoms with Gasteiger partial charge in [0.25, 0.3) is 0 Å². The number of carbonyl (C=O) groups excluding carboxylic acids is 2. The quantitative estimate of drug-likeness (QED) is 0.800. The molecule has 2 aromatic carbocycles. The first-order valence-electron chi connectivity index (χ1n) is 7.55. The van der Waals surface area contributed by atoms with Crippen LogP contribution in [-0.2, 0) is 22.4 Å². The van der Waals surface area contributed by atoms with Crippen molar-refractivity contribution < 1.29 is 23.1 Å². The summed E-state index contributed by atoms with van der Waals surface area (Å²) in [6.45, 7) is 0. The Balaban J connectivity index is 2.08. The summed E-state index contributed by atoms with van der Waals surface area (Å²) in [7, 11) is 1.49. The van der Waals surface area contributed by atoms with Gasteiger partial charge >= 0.3 is 0 Å². The van der Waals surface area contributed by atoms with Crippen molar-refractivity contribution in [2.75, 3.05) is 7.11 Å². The van der Waals surface area contributed by atoms with Gasteiger partial charge in [-0.2, -0.15) is 0 Å². The number of rotatable bonds is 7. The van der Waals surface area contributed by atoms with Gasteiger partial charge in [0.05, 0.1) is 13.5 Å². The van der Waals surface area contributed by atoms with Crippen LogP contribution in [0.3, 0.4) is 0 Å². The van der Waals surface area contributed by atoms with Crippen LogP contribution in [0.15, 0.2) is 42.5 Å². The van der Waals surface area contributed by atoms with Crippen LogP contribution in [0.5, 0.6) is 5.75 Å². The largest absolute Gasteiger partial charge is 0.496 e. The number of carbonyl (C=O) groups is 2. The Morgan fingerprint density at radius 2 is 1.88 bits per heavy atom. The van der Waals surface area contributed by atoms with Gasteiger partial charge in [-0.3, -0.25) is 9.59 Å². The van der Waals surface area contributed by atoms with E-state index in [1.54, 1.807) is 24.3 Å². The second-order valence-corrected chi connectivity index (χ2v) is 5.45.